The van der Waals surface area contributed by atoms with Crippen molar-refractivity contribution in [1.82, 2.24) is 0 Å². The van der Waals surface area contributed by atoms with Gasteiger partial charge < -0.3 is 9.84 Å². The van der Waals surface area contributed by atoms with Crippen LogP contribution >= 0.6 is 0 Å². The zero-order valence-corrected chi connectivity index (χ0v) is 10.1. The molecule has 0 unspecified atom stereocenters. The first-order chi connectivity index (χ1) is 7.61. The molecule has 1 aliphatic carbocycles. The van der Waals surface area contributed by atoms with Crippen molar-refractivity contribution in [2.75, 3.05) is 13.2 Å². The normalized spacial score (nSPS) is 28.6. The summed E-state index contributed by atoms with van der Waals surface area (Å²) in [5, 5.41) is 9.67. The van der Waals surface area contributed by atoms with Crippen LogP contribution in [-0.4, -0.2) is 24.3 Å². The molecule has 0 aromatic rings. The van der Waals surface area contributed by atoms with Gasteiger partial charge in [0.05, 0.1) is 5.41 Å². The molecule has 1 saturated carbocycles. The molecule has 3 heteroatoms. The molecule has 0 spiro atoms. The Hall–Kier alpha value is -0.570. The first kappa shape index (κ1) is 11.9. The highest BCUT2D eigenvalue weighted by atomic mass is 16.5. The van der Waals surface area contributed by atoms with Gasteiger partial charge in [-0.1, -0.05) is 26.2 Å². The van der Waals surface area contributed by atoms with Crippen molar-refractivity contribution in [3.63, 3.8) is 0 Å². The molecular weight excluding hydrogens is 204 g/mol. The van der Waals surface area contributed by atoms with Gasteiger partial charge >= 0.3 is 5.97 Å². The molecule has 16 heavy (non-hydrogen) atoms. The van der Waals surface area contributed by atoms with E-state index in [1.54, 1.807) is 0 Å². The minimum absolute atomic E-state index is 0.0580. The SMILES string of the molecule is CC1(C2(C(=O)O)CCCCC2)CCOCC1. The van der Waals surface area contributed by atoms with E-state index in [-0.39, 0.29) is 5.41 Å². The van der Waals surface area contributed by atoms with Crippen LogP contribution in [0.4, 0.5) is 0 Å². The van der Waals surface area contributed by atoms with Crippen LogP contribution in [0.25, 0.3) is 0 Å². The van der Waals surface area contributed by atoms with Crippen molar-refractivity contribution in [3.05, 3.63) is 0 Å². The van der Waals surface area contributed by atoms with E-state index in [1.807, 2.05) is 0 Å². The molecule has 3 nitrogen and oxygen atoms in total. The first-order valence-corrected chi connectivity index (χ1v) is 6.42. The molecule has 2 fully saturated rings. The monoisotopic (exact) mass is 226 g/mol. The lowest BCUT2D eigenvalue weighted by Crippen LogP contribution is -2.50. The third-order valence-corrected chi connectivity index (χ3v) is 4.87. The second-order valence-electron chi connectivity index (χ2n) is 5.62. The van der Waals surface area contributed by atoms with Crippen LogP contribution in [0.1, 0.15) is 51.9 Å². The summed E-state index contributed by atoms with van der Waals surface area (Å²) in [7, 11) is 0. The van der Waals surface area contributed by atoms with Crippen LogP contribution in [0.2, 0.25) is 0 Å². The lowest BCUT2D eigenvalue weighted by molar-refractivity contribution is -0.168. The molecular formula is C13H22O3. The molecule has 0 bridgehead atoms. The van der Waals surface area contributed by atoms with Crippen molar-refractivity contribution in [3.8, 4) is 0 Å². The first-order valence-electron chi connectivity index (χ1n) is 6.42. The summed E-state index contributed by atoms with van der Waals surface area (Å²) in [5.74, 6) is -0.573. The standard InChI is InChI=1S/C13H22O3/c1-12(7-9-16-10-8-12)13(11(14)15)5-3-2-4-6-13/h2-10H2,1H3,(H,14,15). The van der Waals surface area contributed by atoms with E-state index in [0.29, 0.717) is 0 Å². The predicted octanol–water partition coefficient (Wildman–Crippen LogP) is 2.84. The highest BCUT2D eigenvalue weighted by Gasteiger charge is 2.54. The van der Waals surface area contributed by atoms with Crippen LogP contribution in [0.15, 0.2) is 0 Å². The molecule has 2 aliphatic rings. The van der Waals surface area contributed by atoms with Gasteiger partial charge in [-0.25, -0.2) is 0 Å². The van der Waals surface area contributed by atoms with Gasteiger partial charge in [0.1, 0.15) is 0 Å². The maximum Gasteiger partial charge on any atom is 0.310 e. The van der Waals surface area contributed by atoms with E-state index in [9.17, 15) is 9.90 Å². The quantitative estimate of drug-likeness (QED) is 0.787. The van der Waals surface area contributed by atoms with Gasteiger partial charge in [0, 0.05) is 13.2 Å². The Morgan fingerprint density at radius 2 is 1.62 bits per heavy atom. The number of hydrogen-bond donors (Lipinski definition) is 1. The molecule has 0 aromatic heterocycles. The van der Waals surface area contributed by atoms with Crippen LogP contribution in [0.5, 0.6) is 0 Å². The fourth-order valence-electron chi connectivity index (χ4n) is 3.53. The molecule has 1 N–H and O–H groups in total. The predicted molar refractivity (Wildman–Crippen MR) is 61.3 cm³/mol. The maximum atomic E-state index is 11.7. The summed E-state index contributed by atoms with van der Waals surface area (Å²) in [6.45, 7) is 3.62. The second-order valence-corrected chi connectivity index (χ2v) is 5.62. The Balaban J connectivity index is 2.26. The summed E-state index contributed by atoms with van der Waals surface area (Å²) >= 11 is 0. The Kier molecular flexibility index (Phi) is 3.24. The molecule has 1 heterocycles. The Bertz CT molecular complexity index is 260. The van der Waals surface area contributed by atoms with Crippen molar-refractivity contribution < 1.29 is 14.6 Å². The second kappa shape index (κ2) is 4.36. The number of aliphatic carboxylic acids is 1. The fraction of sp³-hybridized carbons (Fsp3) is 0.923. The van der Waals surface area contributed by atoms with Crippen LogP contribution in [0, 0.1) is 10.8 Å². The Labute approximate surface area is 97.2 Å². The van der Waals surface area contributed by atoms with Gasteiger partial charge in [0.2, 0.25) is 0 Å². The van der Waals surface area contributed by atoms with E-state index >= 15 is 0 Å². The number of hydrogen-bond acceptors (Lipinski definition) is 2. The average molecular weight is 226 g/mol. The van der Waals surface area contributed by atoms with E-state index < -0.39 is 11.4 Å². The van der Waals surface area contributed by atoms with Crippen molar-refractivity contribution >= 4 is 5.97 Å². The Morgan fingerprint density at radius 3 is 2.12 bits per heavy atom. The summed E-state index contributed by atoms with van der Waals surface area (Å²) in [6.07, 6.45) is 6.86. The maximum absolute atomic E-state index is 11.7. The van der Waals surface area contributed by atoms with E-state index in [1.165, 1.54) is 6.42 Å². The summed E-state index contributed by atoms with van der Waals surface area (Å²) < 4.78 is 5.39. The van der Waals surface area contributed by atoms with E-state index in [2.05, 4.69) is 6.92 Å². The van der Waals surface area contributed by atoms with Gasteiger partial charge in [0.25, 0.3) is 0 Å². The van der Waals surface area contributed by atoms with Crippen molar-refractivity contribution in [1.29, 1.82) is 0 Å². The van der Waals surface area contributed by atoms with Gasteiger partial charge in [-0.15, -0.1) is 0 Å². The van der Waals surface area contributed by atoms with E-state index in [4.69, 9.17) is 4.74 Å². The largest absolute Gasteiger partial charge is 0.481 e. The average Bonchev–Trinajstić information content (AvgIpc) is 2.30. The summed E-state index contributed by atoms with van der Waals surface area (Å²) in [5.41, 5.74) is -0.535. The minimum atomic E-state index is -0.573. The lowest BCUT2D eigenvalue weighted by Gasteiger charge is -2.50. The molecule has 0 radical (unpaired) electrons. The molecule has 0 atom stereocenters. The van der Waals surface area contributed by atoms with Crippen molar-refractivity contribution in [2.24, 2.45) is 10.8 Å². The van der Waals surface area contributed by atoms with Gasteiger partial charge in [0.15, 0.2) is 0 Å². The van der Waals surface area contributed by atoms with Crippen LogP contribution in [0.3, 0.4) is 0 Å². The smallest absolute Gasteiger partial charge is 0.310 e. The number of rotatable bonds is 2. The fourth-order valence-corrected chi connectivity index (χ4v) is 3.53. The lowest BCUT2D eigenvalue weighted by atomic mass is 9.55. The molecule has 0 aromatic carbocycles. The number of carboxylic acid groups (broad SMARTS) is 1. The van der Waals surface area contributed by atoms with Gasteiger partial charge in [-0.05, 0) is 31.1 Å². The molecule has 1 aliphatic heterocycles. The molecule has 0 amide bonds. The number of ether oxygens (including phenoxy) is 1. The van der Waals surface area contributed by atoms with Crippen molar-refractivity contribution in [2.45, 2.75) is 51.9 Å². The third kappa shape index (κ3) is 1.75. The van der Waals surface area contributed by atoms with Gasteiger partial charge in [-0.2, -0.15) is 0 Å². The zero-order chi connectivity index (χ0) is 11.6. The molecule has 92 valence electrons. The topological polar surface area (TPSA) is 46.5 Å². The molecule has 2 rings (SSSR count). The highest BCUT2D eigenvalue weighted by Crippen LogP contribution is 2.54. The van der Waals surface area contributed by atoms with Crippen LogP contribution in [-0.2, 0) is 9.53 Å². The Morgan fingerprint density at radius 1 is 1.06 bits per heavy atom. The minimum Gasteiger partial charge on any atom is -0.481 e. The summed E-state index contributed by atoms with van der Waals surface area (Å²) in [6, 6.07) is 0. The van der Waals surface area contributed by atoms with E-state index in [0.717, 1.165) is 51.7 Å². The number of carboxylic acids is 1. The summed E-state index contributed by atoms with van der Waals surface area (Å²) in [4.78, 5) is 11.7. The van der Waals surface area contributed by atoms with Crippen LogP contribution < -0.4 is 0 Å². The highest BCUT2D eigenvalue weighted by molar-refractivity contribution is 5.76. The zero-order valence-electron chi connectivity index (χ0n) is 10.1. The number of carbonyl (C=O) groups is 1. The van der Waals surface area contributed by atoms with Gasteiger partial charge in [-0.3, -0.25) is 4.79 Å². The third-order valence-electron chi connectivity index (χ3n) is 4.87. The molecule has 1 saturated heterocycles.